The number of rotatable bonds is 5. The molecule has 0 saturated carbocycles. The van der Waals surface area contributed by atoms with Gasteiger partial charge in [-0.15, -0.1) is 0 Å². The Morgan fingerprint density at radius 2 is 2.05 bits per heavy atom. The Kier molecular flexibility index (Phi) is 6.04. The summed E-state index contributed by atoms with van der Waals surface area (Å²) in [7, 11) is -4.67. The van der Waals surface area contributed by atoms with Crippen molar-refractivity contribution >= 4 is 16.0 Å². The molecule has 1 rings (SSSR count). The standard InChI is InChI=1S/C10H19NO9S/c1-4(13)11-8-5(14)2-7(21(17,18)19)20-10(8)9(16)6(15)3-12/h5-10,12,14-16H,2-3H2,1H3,(H,11,13)(H,17,18,19)/p-1/t5-,6+,7-,8+,9+,10+/m0/s1. The van der Waals surface area contributed by atoms with E-state index in [9.17, 15) is 28.8 Å². The van der Waals surface area contributed by atoms with Gasteiger partial charge in [0, 0.05) is 6.42 Å². The molecule has 21 heavy (non-hydrogen) atoms. The van der Waals surface area contributed by atoms with Gasteiger partial charge in [0.05, 0.1) is 12.7 Å². The van der Waals surface area contributed by atoms with Crippen molar-refractivity contribution in [3.05, 3.63) is 0 Å². The van der Waals surface area contributed by atoms with Crippen molar-refractivity contribution in [2.45, 2.75) is 49.2 Å². The molecule has 0 aromatic rings. The first-order valence-corrected chi connectivity index (χ1v) is 7.56. The van der Waals surface area contributed by atoms with Gasteiger partial charge in [-0.2, -0.15) is 8.42 Å². The fraction of sp³-hybridized carbons (Fsp3) is 0.900. The average Bonchev–Trinajstić information content (AvgIpc) is 2.37. The first-order chi connectivity index (χ1) is 9.57. The van der Waals surface area contributed by atoms with Crippen molar-refractivity contribution in [2.24, 2.45) is 4.99 Å². The van der Waals surface area contributed by atoms with E-state index in [-0.39, 0.29) is 0 Å². The smallest absolute Gasteiger partial charge is 0.292 e. The monoisotopic (exact) mass is 328 g/mol. The molecule has 1 saturated heterocycles. The Bertz CT molecular complexity index is 475. The lowest BCUT2D eigenvalue weighted by atomic mass is 9.93. The Morgan fingerprint density at radius 3 is 2.48 bits per heavy atom. The van der Waals surface area contributed by atoms with E-state index in [4.69, 9.17) is 14.4 Å². The predicted octanol–water partition coefficient (Wildman–Crippen LogP) is -3.79. The third kappa shape index (κ3) is 4.57. The van der Waals surface area contributed by atoms with Crippen LogP contribution in [0.15, 0.2) is 4.99 Å². The lowest BCUT2D eigenvalue weighted by Crippen LogP contribution is -2.57. The minimum atomic E-state index is -4.67. The molecule has 1 aliphatic rings. The quantitative estimate of drug-likeness (QED) is 0.192. The van der Waals surface area contributed by atoms with Crippen LogP contribution in [0.4, 0.5) is 0 Å². The third-order valence-electron chi connectivity index (χ3n) is 3.05. The normalized spacial score (nSPS) is 34.5. The van der Waals surface area contributed by atoms with Crippen LogP contribution in [0.25, 0.3) is 0 Å². The van der Waals surface area contributed by atoms with E-state index in [1.54, 1.807) is 0 Å². The van der Waals surface area contributed by atoms with Crippen molar-refractivity contribution in [1.29, 1.82) is 0 Å². The van der Waals surface area contributed by atoms with Crippen LogP contribution in [0.1, 0.15) is 13.3 Å². The first kappa shape index (κ1) is 18.2. The molecule has 0 aromatic heterocycles. The van der Waals surface area contributed by atoms with Crippen molar-refractivity contribution in [3.63, 3.8) is 0 Å². The van der Waals surface area contributed by atoms with Gasteiger partial charge in [0.25, 0.3) is 10.1 Å². The maximum Gasteiger partial charge on any atom is 0.292 e. The number of hydrogen-bond acceptors (Lipinski definition) is 9. The molecule has 0 aliphatic carbocycles. The third-order valence-corrected chi connectivity index (χ3v) is 4.02. The van der Waals surface area contributed by atoms with E-state index in [1.165, 1.54) is 0 Å². The van der Waals surface area contributed by atoms with Gasteiger partial charge in [-0.05, 0) is 12.8 Å². The van der Waals surface area contributed by atoms with Crippen LogP contribution in [0, 0.1) is 0 Å². The van der Waals surface area contributed by atoms with Crippen LogP contribution in [0.2, 0.25) is 0 Å². The summed E-state index contributed by atoms with van der Waals surface area (Å²) in [6.07, 6.45) is -7.17. The van der Waals surface area contributed by atoms with E-state index >= 15 is 0 Å². The van der Waals surface area contributed by atoms with Crippen LogP contribution in [0.3, 0.4) is 0 Å². The Hall–Kier alpha value is -0.820. The molecule has 11 heteroatoms. The van der Waals surface area contributed by atoms with Gasteiger partial charge in [-0.3, -0.25) is 9.55 Å². The average molecular weight is 328 g/mol. The van der Waals surface area contributed by atoms with Gasteiger partial charge >= 0.3 is 0 Å². The van der Waals surface area contributed by atoms with Gasteiger partial charge in [0.2, 0.25) is 0 Å². The Morgan fingerprint density at radius 1 is 1.48 bits per heavy atom. The number of hydrogen-bond donors (Lipinski definition) is 5. The second-order valence-electron chi connectivity index (χ2n) is 4.73. The Balaban J connectivity index is 3.11. The van der Waals surface area contributed by atoms with Crippen molar-refractivity contribution < 1.29 is 43.2 Å². The second kappa shape index (κ2) is 6.96. The molecule has 0 unspecified atom stereocenters. The molecule has 0 radical (unpaired) electrons. The van der Waals surface area contributed by atoms with Gasteiger partial charge in [0.15, 0.2) is 5.44 Å². The number of aliphatic hydroxyl groups is 4. The summed E-state index contributed by atoms with van der Waals surface area (Å²) in [5.74, 6) is -0.705. The van der Waals surface area contributed by atoms with E-state index in [0.29, 0.717) is 0 Å². The summed E-state index contributed by atoms with van der Waals surface area (Å²) < 4.78 is 36.1. The summed E-state index contributed by atoms with van der Waals surface area (Å²) in [4.78, 5) is 3.51. The van der Waals surface area contributed by atoms with Crippen LogP contribution < -0.4 is 5.11 Å². The number of aliphatic hydroxyl groups excluding tert-OH is 4. The largest absolute Gasteiger partial charge is 0.862 e. The summed E-state index contributed by atoms with van der Waals surface area (Å²) in [5, 5.41) is 49.0. The second-order valence-corrected chi connectivity index (χ2v) is 6.28. The molecule has 124 valence electrons. The highest BCUT2D eigenvalue weighted by molar-refractivity contribution is 7.86. The lowest BCUT2D eigenvalue weighted by molar-refractivity contribution is -0.218. The first-order valence-electron chi connectivity index (χ1n) is 6.06. The van der Waals surface area contributed by atoms with Gasteiger partial charge < -0.3 is 30.3 Å². The Labute approximate surface area is 121 Å². The highest BCUT2D eigenvalue weighted by Crippen LogP contribution is 2.28. The van der Waals surface area contributed by atoms with Gasteiger partial charge in [0.1, 0.15) is 24.4 Å². The van der Waals surface area contributed by atoms with Crippen molar-refractivity contribution in [2.75, 3.05) is 6.61 Å². The SMILES string of the molecule is CC([O-])=N[C@H]1[C@H]([C@H](O)[C@H](O)CO)O[C@@H](S(=O)(=O)O)C[C@@H]1O. The van der Waals surface area contributed by atoms with Crippen LogP contribution >= 0.6 is 0 Å². The number of aliphatic imine (C=N–C) groups is 1. The van der Waals surface area contributed by atoms with E-state index in [0.717, 1.165) is 6.92 Å². The maximum absolute atomic E-state index is 11.1. The molecular weight excluding hydrogens is 310 g/mol. The fourth-order valence-electron chi connectivity index (χ4n) is 2.04. The molecule has 1 fully saturated rings. The summed E-state index contributed by atoms with van der Waals surface area (Å²) >= 11 is 0. The zero-order valence-electron chi connectivity index (χ0n) is 11.1. The van der Waals surface area contributed by atoms with Crippen LogP contribution in [-0.4, -0.2) is 81.8 Å². The molecule has 6 atom stereocenters. The molecule has 1 heterocycles. The van der Waals surface area contributed by atoms with Crippen molar-refractivity contribution in [1.82, 2.24) is 0 Å². The molecule has 0 spiro atoms. The minimum absolute atomic E-state index is 0.557. The minimum Gasteiger partial charge on any atom is -0.862 e. The molecule has 10 nitrogen and oxygen atoms in total. The summed E-state index contributed by atoms with van der Waals surface area (Å²) in [5.41, 5.74) is -1.84. The number of nitrogens with zero attached hydrogens (tertiary/aromatic N) is 1. The fourth-order valence-corrected chi connectivity index (χ4v) is 2.75. The predicted molar refractivity (Wildman–Crippen MR) is 66.8 cm³/mol. The van der Waals surface area contributed by atoms with E-state index in [2.05, 4.69) is 4.99 Å². The van der Waals surface area contributed by atoms with Crippen LogP contribution in [0.5, 0.6) is 0 Å². The number of ether oxygens (including phenoxy) is 1. The van der Waals surface area contributed by atoms with Gasteiger partial charge in [-0.25, -0.2) is 0 Å². The molecule has 0 aromatic carbocycles. The summed E-state index contributed by atoms with van der Waals surface area (Å²) in [6.45, 7) is 0.216. The zero-order valence-corrected chi connectivity index (χ0v) is 11.9. The lowest BCUT2D eigenvalue weighted by Gasteiger charge is -2.40. The summed E-state index contributed by atoms with van der Waals surface area (Å²) in [6, 6.07) is -1.34. The molecular formula is C10H18NO9S-. The topological polar surface area (TPSA) is 180 Å². The maximum atomic E-state index is 11.1. The van der Waals surface area contributed by atoms with Crippen molar-refractivity contribution in [3.8, 4) is 0 Å². The molecule has 1 aliphatic heterocycles. The molecule has 0 amide bonds. The molecule has 0 bridgehead atoms. The molecule has 5 N–H and O–H groups in total. The van der Waals surface area contributed by atoms with Crippen LogP contribution in [-0.2, 0) is 14.9 Å². The van der Waals surface area contributed by atoms with E-state index in [1.807, 2.05) is 0 Å². The van der Waals surface area contributed by atoms with Gasteiger partial charge in [-0.1, -0.05) is 0 Å². The van der Waals surface area contributed by atoms with E-state index < -0.39 is 64.9 Å². The zero-order chi connectivity index (χ0) is 16.4. The highest BCUT2D eigenvalue weighted by atomic mass is 32.2. The highest BCUT2D eigenvalue weighted by Gasteiger charge is 2.46.